The monoisotopic (exact) mass is 548 g/mol. The van der Waals surface area contributed by atoms with Crippen LogP contribution in [0.2, 0.25) is 0 Å². The summed E-state index contributed by atoms with van der Waals surface area (Å²) in [4.78, 5) is 24.6. The highest BCUT2D eigenvalue weighted by atomic mass is 16.7. The maximum atomic E-state index is 12.3. The van der Waals surface area contributed by atoms with Crippen molar-refractivity contribution in [1.29, 1.82) is 0 Å². The molecule has 0 unspecified atom stereocenters. The van der Waals surface area contributed by atoms with E-state index in [0.29, 0.717) is 6.42 Å². The third-order valence-electron chi connectivity index (χ3n) is 6.74. The molecule has 10 nitrogen and oxygen atoms in total. The molecule has 1 saturated heterocycles. The van der Waals surface area contributed by atoms with Crippen molar-refractivity contribution in [2.45, 2.75) is 147 Å². The molecule has 10 heteroatoms. The Kier molecular flexibility index (Phi) is 19.7. The summed E-state index contributed by atoms with van der Waals surface area (Å²) in [7, 11) is 0. The Morgan fingerprint density at radius 1 is 0.711 bits per heavy atom. The van der Waals surface area contributed by atoms with Gasteiger partial charge in [-0.2, -0.15) is 0 Å². The van der Waals surface area contributed by atoms with Crippen molar-refractivity contribution >= 4 is 11.9 Å². The van der Waals surface area contributed by atoms with Crippen molar-refractivity contribution in [2.24, 2.45) is 0 Å². The lowest BCUT2D eigenvalue weighted by atomic mass is 9.99. The van der Waals surface area contributed by atoms with Gasteiger partial charge in [0, 0.05) is 12.8 Å². The smallest absolute Gasteiger partial charge is 0.306 e. The second kappa shape index (κ2) is 21.5. The number of hydrogen-bond acceptors (Lipinski definition) is 10. The summed E-state index contributed by atoms with van der Waals surface area (Å²) in [6, 6.07) is 0. The van der Waals surface area contributed by atoms with E-state index in [-0.39, 0.29) is 32.0 Å². The van der Waals surface area contributed by atoms with Crippen LogP contribution in [0.4, 0.5) is 0 Å². The first-order chi connectivity index (χ1) is 18.3. The van der Waals surface area contributed by atoms with E-state index in [1.807, 2.05) is 0 Å². The average Bonchev–Trinajstić information content (AvgIpc) is 2.91. The van der Waals surface area contributed by atoms with E-state index in [9.17, 15) is 30.0 Å². The van der Waals surface area contributed by atoms with Crippen LogP contribution in [0, 0.1) is 0 Å². The number of ether oxygens (including phenoxy) is 4. The zero-order valence-electron chi connectivity index (χ0n) is 23.4. The van der Waals surface area contributed by atoms with E-state index in [1.165, 1.54) is 38.5 Å². The SMILES string of the molecule is CCCCCCCCCCCC(=O)OC[C@H](CO[C@@H]1O[C@H](CO)[C@H](O)[C@H](O)[C@H]1O)OC(=O)CCCCCC. The molecule has 38 heavy (non-hydrogen) atoms. The lowest BCUT2D eigenvalue weighted by Gasteiger charge is -2.39. The number of carbonyl (C=O) groups is 2. The molecule has 1 heterocycles. The fraction of sp³-hybridized carbons (Fsp3) is 0.929. The van der Waals surface area contributed by atoms with Crippen LogP contribution in [-0.2, 0) is 28.5 Å². The Hall–Kier alpha value is -1.30. The van der Waals surface area contributed by atoms with Crippen LogP contribution in [0.1, 0.15) is 110 Å². The van der Waals surface area contributed by atoms with Gasteiger partial charge in [-0.3, -0.25) is 9.59 Å². The Morgan fingerprint density at radius 3 is 1.82 bits per heavy atom. The van der Waals surface area contributed by atoms with Gasteiger partial charge in [0.05, 0.1) is 13.2 Å². The van der Waals surface area contributed by atoms with E-state index in [1.54, 1.807) is 0 Å². The van der Waals surface area contributed by atoms with Crippen LogP contribution in [0.15, 0.2) is 0 Å². The first kappa shape index (κ1) is 34.7. The summed E-state index contributed by atoms with van der Waals surface area (Å²) in [6.45, 7) is 3.21. The van der Waals surface area contributed by atoms with Gasteiger partial charge in [-0.1, -0.05) is 84.5 Å². The fourth-order valence-electron chi connectivity index (χ4n) is 4.30. The van der Waals surface area contributed by atoms with Crippen LogP contribution >= 0.6 is 0 Å². The van der Waals surface area contributed by atoms with Gasteiger partial charge < -0.3 is 39.4 Å². The predicted octanol–water partition coefficient (Wildman–Crippen LogP) is 3.15. The fourth-order valence-corrected chi connectivity index (χ4v) is 4.30. The molecular weight excluding hydrogens is 496 g/mol. The van der Waals surface area contributed by atoms with E-state index in [2.05, 4.69) is 13.8 Å². The second-order valence-corrected chi connectivity index (χ2v) is 10.2. The van der Waals surface area contributed by atoms with Crippen LogP contribution < -0.4 is 0 Å². The first-order valence-corrected chi connectivity index (χ1v) is 14.6. The van der Waals surface area contributed by atoms with Gasteiger partial charge in [-0.05, 0) is 12.8 Å². The van der Waals surface area contributed by atoms with Gasteiger partial charge in [-0.15, -0.1) is 0 Å². The average molecular weight is 549 g/mol. The van der Waals surface area contributed by atoms with E-state index in [0.717, 1.165) is 38.5 Å². The number of rotatable bonds is 22. The first-order valence-electron chi connectivity index (χ1n) is 14.6. The molecule has 0 radical (unpaired) electrons. The molecule has 0 spiro atoms. The Balaban J connectivity index is 2.48. The minimum Gasteiger partial charge on any atom is -0.462 e. The number of aliphatic hydroxyl groups excluding tert-OH is 4. The lowest BCUT2D eigenvalue weighted by molar-refractivity contribution is -0.305. The molecule has 1 rings (SSSR count). The highest BCUT2D eigenvalue weighted by Gasteiger charge is 2.44. The van der Waals surface area contributed by atoms with E-state index in [4.69, 9.17) is 18.9 Å². The summed E-state index contributed by atoms with van der Waals surface area (Å²) in [5, 5.41) is 39.4. The molecule has 1 fully saturated rings. The number of aliphatic hydroxyl groups is 4. The zero-order chi connectivity index (χ0) is 28.2. The molecule has 1 aliphatic heterocycles. The number of unbranched alkanes of at least 4 members (excludes halogenated alkanes) is 11. The van der Waals surface area contributed by atoms with Crippen molar-refractivity contribution in [3.8, 4) is 0 Å². The van der Waals surface area contributed by atoms with Crippen LogP contribution in [0.5, 0.6) is 0 Å². The van der Waals surface area contributed by atoms with Crippen molar-refractivity contribution in [3.63, 3.8) is 0 Å². The molecular formula is C28H52O10. The van der Waals surface area contributed by atoms with Gasteiger partial charge in [0.1, 0.15) is 31.0 Å². The number of esters is 2. The minimum absolute atomic E-state index is 0.214. The molecule has 0 bridgehead atoms. The van der Waals surface area contributed by atoms with Crippen molar-refractivity contribution in [1.82, 2.24) is 0 Å². The molecule has 0 aromatic carbocycles. The minimum atomic E-state index is -1.58. The molecule has 0 aromatic heterocycles. The summed E-state index contributed by atoms with van der Waals surface area (Å²) in [6.07, 6.45) is 6.32. The molecule has 0 aromatic rings. The van der Waals surface area contributed by atoms with Gasteiger partial charge in [0.25, 0.3) is 0 Å². The third-order valence-corrected chi connectivity index (χ3v) is 6.74. The predicted molar refractivity (Wildman–Crippen MR) is 141 cm³/mol. The molecule has 0 saturated carbocycles. The molecule has 6 atom stereocenters. The van der Waals surface area contributed by atoms with Crippen molar-refractivity contribution in [2.75, 3.05) is 19.8 Å². The van der Waals surface area contributed by atoms with Crippen molar-refractivity contribution in [3.05, 3.63) is 0 Å². The standard InChI is InChI=1S/C28H52O10/c1-3-5-7-9-10-11-12-13-15-16-23(30)35-19-21(37-24(31)17-14-8-6-4-2)20-36-28-27(34)26(33)25(32)22(18-29)38-28/h21-22,25-29,32-34H,3-20H2,1-2H3/t21-,22-,25+,26+,27-,28-/m1/s1. The second-order valence-electron chi connectivity index (χ2n) is 10.2. The van der Waals surface area contributed by atoms with Crippen LogP contribution in [0.25, 0.3) is 0 Å². The molecule has 0 amide bonds. The molecule has 224 valence electrons. The molecule has 4 N–H and O–H groups in total. The third kappa shape index (κ3) is 14.7. The number of hydrogen-bond donors (Lipinski definition) is 4. The van der Waals surface area contributed by atoms with Crippen LogP contribution in [0.3, 0.4) is 0 Å². The lowest BCUT2D eigenvalue weighted by Crippen LogP contribution is -2.59. The van der Waals surface area contributed by atoms with Crippen LogP contribution in [-0.4, -0.2) is 89.0 Å². The normalized spacial score (nSPS) is 24.2. The van der Waals surface area contributed by atoms with Gasteiger partial charge in [0.2, 0.25) is 0 Å². The maximum Gasteiger partial charge on any atom is 0.306 e. The van der Waals surface area contributed by atoms with E-state index >= 15 is 0 Å². The van der Waals surface area contributed by atoms with Gasteiger partial charge >= 0.3 is 11.9 Å². The van der Waals surface area contributed by atoms with Gasteiger partial charge in [0.15, 0.2) is 12.4 Å². The topological polar surface area (TPSA) is 152 Å². The number of carbonyl (C=O) groups excluding carboxylic acids is 2. The summed E-state index contributed by atoms with van der Waals surface area (Å²) < 4.78 is 21.7. The zero-order valence-corrected chi connectivity index (χ0v) is 23.4. The highest BCUT2D eigenvalue weighted by Crippen LogP contribution is 2.22. The Labute approximate surface area is 228 Å². The van der Waals surface area contributed by atoms with Crippen molar-refractivity contribution < 1.29 is 49.0 Å². The highest BCUT2D eigenvalue weighted by molar-refractivity contribution is 5.70. The quantitative estimate of drug-likeness (QED) is 0.117. The largest absolute Gasteiger partial charge is 0.462 e. The Bertz CT molecular complexity index is 614. The van der Waals surface area contributed by atoms with Gasteiger partial charge in [-0.25, -0.2) is 0 Å². The summed E-state index contributed by atoms with van der Waals surface area (Å²) in [5.41, 5.74) is 0. The summed E-state index contributed by atoms with van der Waals surface area (Å²) >= 11 is 0. The summed E-state index contributed by atoms with van der Waals surface area (Å²) in [5.74, 6) is -0.830. The van der Waals surface area contributed by atoms with E-state index < -0.39 is 49.4 Å². The molecule has 0 aliphatic carbocycles. The molecule has 1 aliphatic rings. The Morgan fingerprint density at radius 2 is 1.24 bits per heavy atom. The maximum absolute atomic E-state index is 12.3.